The standard InChI is InChI=1S/C25H31N5O4S/c1-5-18-11-13-19(14-12-18)34-17(3)24(32)26-15-22-28-29-25(30(22)6-2)35-16-23(31)27-20-9-7-8-10-21(20)33-4/h7-14,17H,5-6,15-16H2,1-4H3,(H,26,32)(H,27,31)/t17-/m1/s1. The predicted octanol–water partition coefficient (Wildman–Crippen LogP) is 3.68. The molecule has 3 rings (SSSR count). The third-order valence-corrected chi connectivity index (χ3v) is 6.22. The van der Waals surface area contributed by atoms with Crippen LogP contribution in [-0.2, 0) is 29.1 Å². The molecule has 0 radical (unpaired) electrons. The van der Waals surface area contributed by atoms with Gasteiger partial charge in [-0.15, -0.1) is 10.2 Å². The van der Waals surface area contributed by atoms with E-state index in [1.54, 1.807) is 26.2 Å². The lowest BCUT2D eigenvalue weighted by Gasteiger charge is -2.15. The molecule has 0 aliphatic heterocycles. The lowest BCUT2D eigenvalue weighted by atomic mass is 10.2. The number of ether oxygens (including phenoxy) is 2. The van der Waals surface area contributed by atoms with E-state index in [1.807, 2.05) is 47.9 Å². The van der Waals surface area contributed by atoms with Crippen LogP contribution in [0.4, 0.5) is 5.69 Å². The number of nitrogens with zero attached hydrogens (tertiary/aromatic N) is 3. The molecule has 3 aromatic rings. The van der Waals surface area contributed by atoms with Crippen molar-refractivity contribution in [2.75, 3.05) is 18.2 Å². The van der Waals surface area contributed by atoms with E-state index < -0.39 is 6.10 Å². The second kappa shape index (κ2) is 12.8. The fourth-order valence-electron chi connectivity index (χ4n) is 3.31. The molecule has 0 saturated carbocycles. The van der Waals surface area contributed by atoms with E-state index >= 15 is 0 Å². The van der Waals surface area contributed by atoms with Crippen molar-refractivity contribution in [3.63, 3.8) is 0 Å². The van der Waals surface area contributed by atoms with E-state index in [2.05, 4.69) is 27.8 Å². The highest BCUT2D eigenvalue weighted by Gasteiger charge is 2.18. The smallest absolute Gasteiger partial charge is 0.261 e. The first-order valence-corrected chi connectivity index (χ1v) is 12.4. The number of nitrogens with one attached hydrogen (secondary N) is 2. The maximum absolute atomic E-state index is 12.5. The Hall–Kier alpha value is -3.53. The van der Waals surface area contributed by atoms with Gasteiger partial charge in [-0.25, -0.2) is 0 Å². The number of anilines is 1. The number of methoxy groups -OCH3 is 1. The second-order valence-electron chi connectivity index (χ2n) is 7.66. The zero-order valence-electron chi connectivity index (χ0n) is 20.4. The topological polar surface area (TPSA) is 107 Å². The Labute approximate surface area is 209 Å². The molecule has 0 aliphatic rings. The summed E-state index contributed by atoms with van der Waals surface area (Å²) in [5.74, 6) is 1.57. The van der Waals surface area contributed by atoms with Gasteiger partial charge in [0.05, 0.1) is 25.1 Å². The lowest BCUT2D eigenvalue weighted by Crippen LogP contribution is -2.36. The van der Waals surface area contributed by atoms with E-state index in [-0.39, 0.29) is 24.1 Å². The molecule has 2 aromatic carbocycles. The van der Waals surface area contributed by atoms with Crippen LogP contribution in [0.1, 0.15) is 32.2 Å². The van der Waals surface area contributed by atoms with Crippen molar-refractivity contribution in [3.8, 4) is 11.5 Å². The summed E-state index contributed by atoms with van der Waals surface area (Å²) in [5, 5.41) is 14.7. The maximum Gasteiger partial charge on any atom is 0.261 e. The minimum atomic E-state index is -0.659. The summed E-state index contributed by atoms with van der Waals surface area (Å²) >= 11 is 1.28. The van der Waals surface area contributed by atoms with Crippen LogP contribution in [0.3, 0.4) is 0 Å². The summed E-state index contributed by atoms with van der Waals surface area (Å²) in [4.78, 5) is 24.9. The highest BCUT2D eigenvalue weighted by atomic mass is 32.2. The van der Waals surface area contributed by atoms with E-state index in [9.17, 15) is 9.59 Å². The first-order valence-electron chi connectivity index (χ1n) is 11.5. The zero-order chi connectivity index (χ0) is 25.2. The third kappa shape index (κ3) is 7.22. The molecule has 35 heavy (non-hydrogen) atoms. The van der Waals surface area contributed by atoms with Gasteiger partial charge in [0.25, 0.3) is 5.91 Å². The summed E-state index contributed by atoms with van der Waals surface area (Å²) < 4.78 is 12.9. The summed E-state index contributed by atoms with van der Waals surface area (Å²) in [7, 11) is 1.56. The number of hydrogen-bond donors (Lipinski definition) is 2. The highest BCUT2D eigenvalue weighted by molar-refractivity contribution is 7.99. The normalized spacial score (nSPS) is 11.5. The van der Waals surface area contributed by atoms with Crippen molar-refractivity contribution < 1.29 is 19.1 Å². The molecule has 186 valence electrons. The molecule has 0 unspecified atom stereocenters. The molecule has 0 fully saturated rings. The van der Waals surface area contributed by atoms with Crippen LogP contribution < -0.4 is 20.1 Å². The van der Waals surface area contributed by atoms with Crippen LogP contribution in [0.25, 0.3) is 0 Å². The Morgan fingerprint density at radius 1 is 1.09 bits per heavy atom. The molecule has 1 atom stereocenters. The number of para-hydroxylation sites is 2. The number of benzene rings is 2. The Morgan fingerprint density at radius 2 is 1.83 bits per heavy atom. The molecule has 10 heteroatoms. The Morgan fingerprint density at radius 3 is 2.51 bits per heavy atom. The van der Waals surface area contributed by atoms with Gasteiger partial charge in [0.1, 0.15) is 11.5 Å². The maximum atomic E-state index is 12.5. The van der Waals surface area contributed by atoms with Crippen molar-refractivity contribution in [1.82, 2.24) is 20.1 Å². The molecule has 1 aromatic heterocycles. The largest absolute Gasteiger partial charge is 0.495 e. The number of amides is 2. The predicted molar refractivity (Wildman–Crippen MR) is 136 cm³/mol. The van der Waals surface area contributed by atoms with Gasteiger partial charge in [-0.05, 0) is 50.1 Å². The molecule has 0 aliphatic carbocycles. The molecule has 0 bridgehead atoms. The van der Waals surface area contributed by atoms with Crippen LogP contribution in [0.5, 0.6) is 11.5 Å². The van der Waals surface area contributed by atoms with E-state index in [1.165, 1.54) is 17.3 Å². The Kier molecular flexibility index (Phi) is 9.54. The average Bonchev–Trinajstić information content (AvgIpc) is 3.28. The van der Waals surface area contributed by atoms with Gasteiger partial charge < -0.3 is 24.7 Å². The van der Waals surface area contributed by atoms with Crippen LogP contribution >= 0.6 is 11.8 Å². The molecule has 9 nitrogen and oxygen atoms in total. The monoisotopic (exact) mass is 497 g/mol. The number of carbonyl (C=O) groups excluding carboxylic acids is 2. The number of carbonyl (C=O) groups is 2. The Balaban J connectivity index is 1.52. The van der Waals surface area contributed by atoms with Crippen molar-refractivity contribution in [3.05, 3.63) is 59.9 Å². The molecular weight excluding hydrogens is 466 g/mol. The molecular formula is C25H31N5O4S. The molecule has 0 saturated heterocycles. The number of aryl methyl sites for hydroxylation is 1. The van der Waals surface area contributed by atoms with Gasteiger partial charge in [0, 0.05) is 6.54 Å². The minimum Gasteiger partial charge on any atom is -0.495 e. The number of thioether (sulfide) groups is 1. The lowest BCUT2D eigenvalue weighted by molar-refractivity contribution is -0.127. The molecule has 1 heterocycles. The second-order valence-corrected chi connectivity index (χ2v) is 8.60. The van der Waals surface area contributed by atoms with Gasteiger partial charge in [-0.2, -0.15) is 0 Å². The molecule has 2 N–H and O–H groups in total. The van der Waals surface area contributed by atoms with Gasteiger partial charge in [0.2, 0.25) is 5.91 Å². The van der Waals surface area contributed by atoms with Crippen LogP contribution in [0, 0.1) is 0 Å². The summed E-state index contributed by atoms with van der Waals surface area (Å²) in [6.07, 6.45) is 0.286. The van der Waals surface area contributed by atoms with Crippen molar-refractivity contribution in [1.29, 1.82) is 0 Å². The van der Waals surface area contributed by atoms with E-state index in [0.29, 0.717) is 34.7 Å². The summed E-state index contributed by atoms with van der Waals surface area (Å²) in [6, 6.07) is 14.9. The number of aromatic nitrogens is 3. The summed E-state index contributed by atoms with van der Waals surface area (Å²) in [5.41, 5.74) is 1.82. The first-order chi connectivity index (χ1) is 16.9. The van der Waals surface area contributed by atoms with Crippen molar-refractivity contribution >= 4 is 29.3 Å². The van der Waals surface area contributed by atoms with Gasteiger partial charge in [0.15, 0.2) is 17.1 Å². The average molecular weight is 498 g/mol. The number of hydrogen-bond acceptors (Lipinski definition) is 7. The van der Waals surface area contributed by atoms with Gasteiger partial charge >= 0.3 is 0 Å². The van der Waals surface area contributed by atoms with E-state index in [4.69, 9.17) is 9.47 Å². The fraction of sp³-hybridized carbons (Fsp3) is 0.360. The van der Waals surface area contributed by atoms with Crippen molar-refractivity contribution in [2.45, 2.75) is 51.5 Å². The summed E-state index contributed by atoms with van der Waals surface area (Å²) in [6.45, 7) is 6.55. The van der Waals surface area contributed by atoms with E-state index in [0.717, 1.165) is 6.42 Å². The van der Waals surface area contributed by atoms with Crippen LogP contribution in [0.2, 0.25) is 0 Å². The highest BCUT2D eigenvalue weighted by Crippen LogP contribution is 2.24. The molecule has 2 amide bonds. The van der Waals surface area contributed by atoms with Crippen LogP contribution in [-0.4, -0.2) is 45.5 Å². The quantitative estimate of drug-likeness (QED) is 0.368. The SMILES string of the molecule is CCc1ccc(O[C@H](C)C(=O)NCc2nnc(SCC(=O)Nc3ccccc3OC)n2CC)cc1. The minimum absolute atomic E-state index is 0.157. The fourth-order valence-corrected chi connectivity index (χ4v) is 4.13. The Bertz CT molecular complexity index is 1130. The van der Waals surface area contributed by atoms with Crippen LogP contribution in [0.15, 0.2) is 53.7 Å². The number of rotatable bonds is 12. The molecule has 0 spiro atoms. The zero-order valence-corrected chi connectivity index (χ0v) is 21.2. The van der Waals surface area contributed by atoms with Gasteiger partial charge in [-0.3, -0.25) is 9.59 Å². The third-order valence-electron chi connectivity index (χ3n) is 5.26. The van der Waals surface area contributed by atoms with Crippen molar-refractivity contribution in [2.24, 2.45) is 0 Å². The first kappa shape index (κ1) is 26.1. The van der Waals surface area contributed by atoms with Gasteiger partial charge in [-0.1, -0.05) is 43.0 Å².